The minimum atomic E-state index is -0.967. The van der Waals surface area contributed by atoms with Gasteiger partial charge in [0.15, 0.2) is 0 Å². The van der Waals surface area contributed by atoms with Gasteiger partial charge in [-0.05, 0) is 59.5 Å². The molecule has 41 heavy (non-hydrogen) atoms. The van der Waals surface area contributed by atoms with Crippen LogP contribution in [-0.4, -0.2) is 70.5 Å². The van der Waals surface area contributed by atoms with E-state index in [9.17, 15) is 19.2 Å². The van der Waals surface area contributed by atoms with Crippen LogP contribution >= 0.6 is 23.2 Å². The first-order valence-corrected chi connectivity index (χ1v) is 14.4. The van der Waals surface area contributed by atoms with Crippen LogP contribution in [0.5, 0.6) is 0 Å². The molecule has 0 bridgehead atoms. The van der Waals surface area contributed by atoms with Gasteiger partial charge in [-0.15, -0.1) is 0 Å². The van der Waals surface area contributed by atoms with Crippen molar-refractivity contribution in [3.05, 3.63) is 105 Å². The normalized spacial score (nSPS) is 20.1. The average molecular weight is 591 g/mol. The Morgan fingerprint density at radius 2 is 1.34 bits per heavy atom. The van der Waals surface area contributed by atoms with Gasteiger partial charge < -0.3 is 0 Å². The Kier molecular flexibility index (Phi) is 7.66. The third-order valence-electron chi connectivity index (χ3n) is 8.05. The molecule has 3 aliphatic rings. The second-order valence-corrected chi connectivity index (χ2v) is 11.5. The Morgan fingerprint density at radius 3 is 1.93 bits per heavy atom. The fourth-order valence-electron chi connectivity index (χ4n) is 5.96. The van der Waals surface area contributed by atoms with Gasteiger partial charge >= 0.3 is 0 Å². The maximum Gasteiger partial charge on any atom is 0.262 e. The quantitative estimate of drug-likeness (QED) is 0.430. The van der Waals surface area contributed by atoms with Crippen LogP contribution in [0.2, 0.25) is 10.0 Å². The third kappa shape index (κ3) is 5.53. The summed E-state index contributed by atoms with van der Waals surface area (Å²) >= 11 is 12.3. The third-order valence-corrected chi connectivity index (χ3v) is 8.56. The highest BCUT2D eigenvalue weighted by Gasteiger charge is 2.44. The van der Waals surface area contributed by atoms with E-state index in [1.807, 2.05) is 30.3 Å². The maximum absolute atomic E-state index is 13.2. The first-order chi connectivity index (χ1) is 19.8. The zero-order valence-electron chi connectivity index (χ0n) is 22.2. The molecule has 1 N–H and O–H groups in total. The second-order valence-electron chi connectivity index (χ2n) is 10.6. The molecule has 8 nitrogen and oxygen atoms in total. The highest BCUT2D eigenvalue weighted by atomic mass is 35.5. The van der Waals surface area contributed by atoms with E-state index in [1.54, 1.807) is 12.1 Å². The minimum absolute atomic E-state index is 0.0635. The van der Waals surface area contributed by atoms with E-state index in [4.69, 9.17) is 23.2 Å². The number of nitrogens with one attached hydrogen (secondary N) is 1. The number of carbonyl (C=O) groups is 4. The highest BCUT2D eigenvalue weighted by Crippen LogP contribution is 2.32. The summed E-state index contributed by atoms with van der Waals surface area (Å²) in [6.07, 6.45) is 0.234. The summed E-state index contributed by atoms with van der Waals surface area (Å²) in [5, 5.41) is 3.63. The summed E-state index contributed by atoms with van der Waals surface area (Å²) in [4.78, 5) is 55.9. The van der Waals surface area contributed by atoms with Crippen LogP contribution in [0.3, 0.4) is 0 Å². The molecule has 3 aliphatic heterocycles. The van der Waals surface area contributed by atoms with Gasteiger partial charge in [0.2, 0.25) is 11.8 Å². The van der Waals surface area contributed by atoms with Gasteiger partial charge in [-0.1, -0.05) is 53.5 Å². The Labute approximate surface area is 247 Å². The van der Waals surface area contributed by atoms with E-state index >= 15 is 0 Å². The Morgan fingerprint density at radius 1 is 0.756 bits per heavy atom. The first-order valence-electron chi connectivity index (χ1n) is 13.6. The topological polar surface area (TPSA) is 90.0 Å². The molecule has 0 spiro atoms. The molecular formula is C31H28Cl2N4O4. The predicted molar refractivity (Wildman–Crippen MR) is 155 cm³/mol. The average Bonchev–Trinajstić information content (AvgIpc) is 3.21. The van der Waals surface area contributed by atoms with Crippen LogP contribution in [-0.2, 0) is 16.1 Å². The van der Waals surface area contributed by atoms with Crippen molar-refractivity contribution < 1.29 is 19.2 Å². The molecule has 2 fully saturated rings. The molecule has 3 heterocycles. The molecule has 4 amide bonds. The zero-order chi connectivity index (χ0) is 28.7. The minimum Gasteiger partial charge on any atom is -0.297 e. The molecule has 0 aliphatic carbocycles. The van der Waals surface area contributed by atoms with Gasteiger partial charge in [-0.3, -0.25) is 39.2 Å². The summed E-state index contributed by atoms with van der Waals surface area (Å²) in [5.74, 6) is -1.97. The van der Waals surface area contributed by atoms with Crippen molar-refractivity contribution >= 4 is 46.8 Å². The fourth-order valence-corrected chi connectivity index (χ4v) is 6.21. The van der Waals surface area contributed by atoms with Gasteiger partial charge in [0.05, 0.1) is 17.2 Å². The van der Waals surface area contributed by atoms with Crippen LogP contribution in [0.15, 0.2) is 66.7 Å². The van der Waals surface area contributed by atoms with Crippen LogP contribution in [0.1, 0.15) is 56.3 Å². The van der Waals surface area contributed by atoms with Crippen molar-refractivity contribution in [2.45, 2.75) is 31.5 Å². The number of halogens is 2. The molecule has 1 unspecified atom stereocenters. The SMILES string of the molecule is O=C1CCC(N2C(=O)c3ccc(CN4CCN(C(c5ccc(Cl)cc5)c5ccc(Cl)cc5)CC4)cc3C2=O)C(=O)N1. The lowest BCUT2D eigenvalue weighted by atomic mass is 9.96. The lowest BCUT2D eigenvalue weighted by Crippen LogP contribution is -2.54. The number of piperazine rings is 1. The monoisotopic (exact) mass is 590 g/mol. The van der Waals surface area contributed by atoms with Crippen molar-refractivity contribution in [2.75, 3.05) is 26.2 Å². The van der Waals surface area contributed by atoms with Crippen molar-refractivity contribution in [3.63, 3.8) is 0 Å². The highest BCUT2D eigenvalue weighted by molar-refractivity contribution is 6.30. The zero-order valence-corrected chi connectivity index (χ0v) is 23.7. The van der Waals surface area contributed by atoms with E-state index in [2.05, 4.69) is 39.4 Å². The van der Waals surface area contributed by atoms with E-state index in [-0.39, 0.29) is 18.9 Å². The first kappa shape index (κ1) is 27.6. The van der Waals surface area contributed by atoms with Gasteiger partial charge in [-0.2, -0.15) is 0 Å². The molecule has 3 aromatic carbocycles. The number of imide groups is 2. The lowest BCUT2D eigenvalue weighted by Gasteiger charge is -2.40. The number of nitrogens with zero attached hydrogens (tertiary/aromatic N) is 3. The van der Waals surface area contributed by atoms with Crippen molar-refractivity contribution in [3.8, 4) is 0 Å². The molecule has 3 aromatic rings. The molecule has 10 heteroatoms. The number of piperidine rings is 1. The Bertz CT molecular complexity index is 1470. The maximum atomic E-state index is 13.2. The summed E-state index contributed by atoms with van der Waals surface area (Å²) in [5.41, 5.74) is 3.85. The predicted octanol–water partition coefficient (Wildman–Crippen LogP) is 4.30. The number of carbonyl (C=O) groups excluding carboxylic acids is 4. The van der Waals surface area contributed by atoms with E-state index < -0.39 is 29.7 Å². The summed E-state index contributed by atoms with van der Waals surface area (Å²) in [7, 11) is 0. The van der Waals surface area contributed by atoms with Gasteiger partial charge in [0, 0.05) is 49.2 Å². The smallest absolute Gasteiger partial charge is 0.262 e. The molecule has 0 radical (unpaired) electrons. The van der Waals surface area contributed by atoms with Crippen LogP contribution in [0.4, 0.5) is 0 Å². The van der Waals surface area contributed by atoms with Crippen LogP contribution in [0, 0.1) is 0 Å². The van der Waals surface area contributed by atoms with Gasteiger partial charge in [0.1, 0.15) is 6.04 Å². The standard InChI is InChI=1S/C31H28Cl2N4O4/c32-22-6-2-20(3-7-22)28(21-4-8-23(33)9-5-21)36-15-13-35(14-16-36)18-19-1-10-24-25(17-19)31(41)37(30(24)40)26-11-12-27(38)34-29(26)39/h1-10,17,26,28H,11-16,18H2,(H,34,38,39). The number of hydrogen-bond acceptors (Lipinski definition) is 6. The summed E-state index contributed by atoms with van der Waals surface area (Å²) < 4.78 is 0. The molecule has 0 saturated carbocycles. The van der Waals surface area contributed by atoms with Gasteiger partial charge in [0.25, 0.3) is 11.8 Å². The number of benzene rings is 3. The summed E-state index contributed by atoms with van der Waals surface area (Å²) in [6, 6.07) is 20.3. The fraction of sp³-hybridized carbons (Fsp3) is 0.290. The van der Waals surface area contributed by atoms with Crippen LogP contribution in [0.25, 0.3) is 0 Å². The molecule has 1 atom stereocenters. The summed E-state index contributed by atoms with van der Waals surface area (Å²) in [6.45, 7) is 3.95. The Balaban J connectivity index is 1.14. The second kappa shape index (κ2) is 11.4. The van der Waals surface area contributed by atoms with Crippen LogP contribution < -0.4 is 5.32 Å². The van der Waals surface area contributed by atoms with Crippen molar-refractivity contribution in [2.24, 2.45) is 0 Å². The largest absolute Gasteiger partial charge is 0.297 e. The van der Waals surface area contributed by atoms with Gasteiger partial charge in [-0.25, -0.2) is 0 Å². The molecule has 6 rings (SSSR count). The Hall–Kier alpha value is -3.56. The lowest BCUT2D eigenvalue weighted by molar-refractivity contribution is -0.136. The van der Waals surface area contributed by atoms with E-state index in [1.165, 1.54) is 0 Å². The molecule has 2 saturated heterocycles. The van der Waals surface area contributed by atoms with E-state index in [0.29, 0.717) is 27.7 Å². The van der Waals surface area contributed by atoms with E-state index in [0.717, 1.165) is 47.8 Å². The number of fused-ring (bicyclic) bond motifs is 1. The molecule has 210 valence electrons. The molecular weight excluding hydrogens is 563 g/mol. The van der Waals surface area contributed by atoms with Crippen molar-refractivity contribution in [1.29, 1.82) is 0 Å². The number of rotatable bonds is 6. The number of hydrogen-bond donors (Lipinski definition) is 1. The van der Waals surface area contributed by atoms with Crippen molar-refractivity contribution in [1.82, 2.24) is 20.0 Å². The number of amides is 4. The molecule has 0 aromatic heterocycles.